The third-order valence-electron chi connectivity index (χ3n) is 2.15. The van der Waals surface area contributed by atoms with E-state index in [-0.39, 0.29) is 12.2 Å². The van der Waals surface area contributed by atoms with Crippen LogP contribution in [-0.2, 0) is 6.42 Å². The van der Waals surface area contributed by atoms with E-state index in [0.717, 1.165) is 0 Å². The topological polar surface area (TPSA) is 12.0 Å². The maximum absolute atomic E-state index is 12.7. The average Bonchev–Trinajstić information content (AvgIpc) is 2.46. The number of anilines is 1. The van der Waals surface area contributed by atoms with Crippen LogP contribution in [0.15, 0.2) is 18.2 Å². The zero-order valence-corrected chi connectivity index (χ0v) is 6.73. The molecule has 4 heteroatoms. The van der Waals surface area contributed by atoms with Crippen LogP contribution in [0.25, 0.3) is 0 Å². The SMILES string of the molecule is Fc1ccc2c(c1)CC(C(F)F)N2. The van der Waals surface area contributed by atoms with Gasteiger partial charge in [0.15, 0.2) is 0 Å². The summed E-state index contributed by atoms with van der Waals surface area (Å²) in [7, 11) is 0. The Hall–Kier alpha value is -1.19. The number of hydrogen-bond acceptors (Lipinski definition) is 1. The van der Waals surface area contributed by atoms with E-state index < -0.39 is 12.5 Å². The molecule has 0 spiro atoms. The molecule has 13 heavy (non-hydrogen) atoms. The summed E-state index contributed by atoms with van der Waals surface area (Å²) in [5.74, 6) is -0.379. The van der Waals surface area contributed by atoms with Gasteiger partial charge in [-0.05, 0) is 23.8 Å². The van der Waals surface area contributed by atoms with Crippen molar-refractivity contribution in [2.45, 2.75) is 18.9 Å². The number of fused-ring (bicyclic) bond motifs is 1. The Bertz CT molecular complexity index is 325. The van der Waals surface area contributed by atoms with E-state index in [4.69, 9.17) is 0 Å². The number of halogens is 3. The zero-order valence-electron chi connectivity index (χ0n) is 6.73. The first-order chi connectivity index (χ1) is 6.16. The van der Waals surface area contributed by atoms with Gasteiger partial charge >= 0.3 is 0 Å². The Labute approximate surface area is 73.6 Å². The van der Waals surface area contributed by atoms with Crippen molar-refractivity contribution < 1.29 is 13.2 Å². The number of benzene rings is 1. The van der Waals surface area contributed by atoms with Gasteiger partial charge in [0.1, 0.15) is 5.82 Å². The molecule has 0 saturated heterocycles. The summed E-state index contributed by atoms with van der Waals surface area (Å²) in [6.07, 6.45) is -2.21. The number of rotatable bonds is 1. The normalized spacial score (nSPS) is 20.2. The van der Waals surface area contributed by atoms with Gasteiger partial charge in [0.25, 0.3) is 6.43 Å². The van der Waals surface area contributed by atoms with Crippen LogP contribution >= 0.6 is 0 Å². The smallest absolute Gasteiger partial charge is 0.258 e. The van der Waals surface area contributed by atoms with Crippen LogP contribution in [0.3, 0.4) is 0 Å². The highest BCUT2D eigenvalue weighted by atomic mass is 19.3. The fourth-order valence-corrected chi connectivity index (χ4v) is 1.51. The van der Waals surface area contributed by atoms with Gasteiger partial charge < -0.3 is 5.32 Å². The Morgan fingerprint density at radius 1 is 1.38 bits per heavy atom. The molecule has 1 aliphatic rings. The fraction of sp³-hybridized carbons (Fsp3) is 0.333. The second-order valence-electron chi connectivity index (χ2n) is 3.09. The van der Waals surface area contributed by atoms with Crippen molar-refractivity contribution in [2.75, 3.05) is 5.32 Å². The van der Waals surface area contributed by atoms with E-state index in [2.05, 4.69) is 5.32 Å². The van der Waals surface area contributed by atoms with E-state index in [1.54, 1.807) is 0 Å². The van der Waals surface area contributed by atoms with Gasteiger partial charge in [0, 0.05) is 12.1 Å². The minimum absolute atomic E-state index is 0.199. The Morgan fingerprint density at radius 2 is 2.15 bits per heavy atom. The van der Waals surface area contributed by atoms with Gasteiger partial charge in [0.2, 0.25) is 0 Å². The Kier molecular flexibility index (Phi) is 1.90. The van der Waals surface area contributed by atoms with Crippen LogP contribution in [-0.4, -0.2) is 12.5 Å². The van der Waals surface area contributed by atoms with Crippen LogP contribution in [0, 0.1) is 5.82 Å². The van der Waals surface area contributed by atoms with Crippen LogP contribution in [0.4, 0.5) is 18.9 Å². The van der Waals surface area contributed by atoms with Crippen LogP contribution in [0.5, 0.6) is 0 Å². The highest BCUT2D eigenvalue weighted by molar-refractivity contribution is 5.56. The first-order valence-electron chi connectivity index (χ1n) is 4.00. The molecule has 0 aliphatic carbocycles. The van der Waals surface area contributed by atoms with Crippen molar-refractivity contribution in [3.63, 3.8) is 0 Å². The molecule has 1 unspecified atom stereocenters. The van der Waals surface area contributed by atoms with E-state index >= 15 is 0 Å². The molecule has 0 radical (unpaired) electrons. The predicted molar refractivity (Wildman–Crippen MR) is 43.5 cm³/mol. The lowest BCUT2D eigenvalue weighted by Crippen LogP contribution is -2.24. The average molecular weight is 187 g/mol. The molecule has 1 heterocycles. The number of hydrogen-bond donors (Lipinski definition) is 1. The first-order valence-corrected chi connectivity index (χ1v) is 4.00. The summed E-state index contributed by atoms with van der Waals surface area (Å²) in [6.45, 7) is 0. The molecule has 0 saturated carbocycles. The van der Waals surface area contributed by atoms with E-state index in [0.29, 0.717) is 11.3 Å². The lowest BCUT2D eigenvalue weighted by atomic mass is 10.1. The maximum Gasteiger partial charge on any atom is 0.258 e. The molecule has 2 rings (SSSR count). The second kappa shape index (κ2) is 2.94. The summed E-state index contributed by atoms with van der Waals surface area (Å²) in [6, 6.07) is 3.19. The summed E-state index contributed by atoms with van der Waals surface area (Å²) in [5.41, 5.74) is 1.25. The monoisotopic (exact) mass is 187 g/mol. The van der Waals surface area contributed by atoms with E-state index in [1.807, 2.05) is 0 Å². The molecular formula is C9H8F3N. The predicted octanol–water partition coefficient (Wildman–Crippen LogP) is 2.43. The second-order valence-corrected chi connectivity index (χ2v) is 3.09. The summed E-state index contributed by atoms with van der Waals surface area (Å²) in [5, 5.41) is 2.64. The Morgan fingerprint density at radius 3 is 2.85 bits per heavy atom. The van der Waals surface area contributed by atoms with Crippen molar-refractivity contribution in [3.8, 4) is 0 Å². The van der Waals surface area contributed by atoms with Crippen molar-refractivity contribution in [1.29, 1.82) is 0 Å². The molecule has 1 aromatic rings. The number of alkyl halides is 2. The molecule has 0 bridgehead atoms. The van der Waals surface area contributed by atoms with Gasteiger partial charge in [-0.15, -0.1) is 0 Å². The Balaban J connectivity index is 2.25. The quantitative estimate of drug-likeness (QED) is 0.711. The molecular weight excluding hydrogens is 179 g/mol. The first kappa shape index (κ1) is 8.41. The third-order valence-corrected chi connectivity index (χ3v) is 2.15. The van der Waals surface area contributed by atoms with Crippen LogP contribution in [0.1, 0.15) is 5.56 Å². The van der Waals surface area contributed by atoms with Crippen LogP contribution in [0.2, 0.25) is 0 Å². The molecule has 0 fully saturated rings. The summed E-state index contributed by atoms with van der Waals surface area (Å²) < 4.78 is 37.2. The van der Waals surface area contributed by atoms with Crippen molar-refractivity contribution in [1.82, 2.24) is 0 Å². The molecule has 0 aromatic heterocycles. The fourth-order valence-electron chi connectivity index (χ4n) is 1.51. The lowest BCUT2D eigenvalue weighted by Gasteiger charge is -2.08. The van der Waals surface area contributed by atoms with Gasteiger partial charge in [-0.1, -0.05) is 0 Å². The minimum Gasteiger partial charge on any atom is -0.376 e. The van der Waals surface area contributed by atoms with Gasteiger partial charge in [-0.3, -0.25) is 0 Å². The van der Waals surface area contributed by atoms with Crippen molar-refractivity contribution in [2.24, 2.45) is 0 Å². The van der Waals surface area contributed by atoms with Crippen molar-refractivity contribution in [3.05, 3.63) is 29.6 Å². The molecule has 1 aromatic carbocycles. The maximum atomic E-state index is 12.7. The van der Waals surface area contributed by atoms with E-state index in [9.17, 15) is 13.2 Å². The molecule has 1 N–H and O–H groups in total. The number of nitrogens with one attached hydrogen (secondary N) is 1. The molecule has 0 amide bonds. The standard InChI is InChI=1S/C9H8F3N/c10-6-1-2-7-5(3-6)4-8(13-7)9(11)12/h1-3,8-9,13H,4H2. The molecule has 1 atom stereocenters. The lowest BCUT2D eigenvalue weighted by molar-refractivity contribution is 0.126. The van der Waals surface area contributed by atoms with Crippen molar-refractivity contribution >= 4 is 5.69 Å². The van der Waals surface area contributed by atoms with E-state index in [1.165, 1.54) is 18.2 Å². The molecule has 1 aliphatic heterocycles. The minimum atomic E-state index is -2.41. The third kappa shape index (κ3) is 1.48. The highest BCUT2D eigenvalue weighted by Crippen LogP contribution is 2.28. The molecule has 70 valence electrons. The van der Waals surface area contributed by atoms with Crippen LogP contribution < -0.4 is 5.32 Å². The highest BCUT2D eigenvalue weighted by Gasteiger charge is 2.27. The molecule has 1 nitrogen and oxygen atoms in total. The largest absolute Gasteiger partial charge is 0.376 e. The summed E-state index contributed by atoms with van der Waals surface area (Å²) >= 11 is 0. The van der Waals surface area contributed by atoms with Gasteiger partial charge in [-0.2, -0.15) is 0 Å². The zero-order chi connectivity index (χ0) is 9.42. The van der Waals surface area contributed by atoms with Gasteiger partial charge in [0.05, 0.1) is 6.04 Å². The summed E-state index contributed by atoms with van der Waals surface area (Å²) in [4.78, 5) is 0. The van der Waals surface area contributed by atoms with Gasteiger partial charge in [-0.25, -0.2) is 13.2 Å².